The van der Waals surface area contributed by atoms with Crippen molar-refractivity contribution in [1.29, 1.82) is 0 Å². The Balaban J connectivity index is 0.000000162. The lowest BCUT2D eigenvalue weighted by Gasteiger charge is -2.55. The van der Waals surface area contributed by atoms with Gasteiger partial charge in [0.1, 0.15) is 5.60 Å². The fourth-order valence-corrected chi connectivity index (χ4v) is 5.51. The number of carbonyl (C=O) groups is 1. The van der Waals surface area contributed by atoms with Gasteiger partial charge in [-0.3, -0.25) is 0 Å². The minimum atomic E-state index is -0.225. The van der Waals surface area contributed by atoms with E-state index < -0.39 is 0 Å². The summed E-state index contributed by atoms with van der Waals surface area (Å²) in [6, 6.07) is 10.2. The molecule has 128 valence electrons. The quantitative estimate of drug-likeness (QED) is 0.404. The van der Waals surface area contributed by atoms with Gasteiger partial charge in [0.25, 0.3) is 0 Å². The summed E-state index contributed by atoms with van der Waals surface area (Å²) in [5.41, 5.74) is -0.0972. The van der Waals surface area contributed by atoms with Gasteiger partial charge >= 0.3 is 5.97 Å². The summed E-state index contributed by atoms with van der Waals surface area (Å²) in [5, 5.41) is 1.83. The number of benzene rings is 1. The summed E-state index contributed by atoms with van der Waals surface area (Å²) < 4.78 is 5.64. The molecule has 0 aromatic heterocycles. The maximum atomic E-state index is 11.4. The predicted octanol–water partition coefficient (Wildman–Crippen LogP) is 5.61. The van der Waals surface area contributed by atoms with Crippen molar-refractivity contribution in [3.05, 3.63) is 55.0 Å². The van der Waals surface area contributed by atoms with E-state index in [4.69, 9.17) is 4.74 Å². The molecule has 0 aliphatic heterocycles. The Hall–Kier alpha value is -1.48. The monoisotopic (exact) mass is 342 g/mol. The van der Waals surface area contributed by atoms with Crippen molar-refractivity contribution in [1.82, 2.24) is 0 Å². The number of thioether (sulfide) groups is 1. The molecular formula is C21H26O2S. The van der Waals surface area contributed by atoms with Crippen LogP contribution in [0.25, 0.3) is 0 Å². The third kappa shape index (κ3) is 4.13. The van der Waals surface area contributed by atoms with Crippen molar-refractivity contribution in [3.63, 3.8) is 0 Å². The fraction of sp³-hybridized carbons (Fsp3) is 0.476. The first-order valence-corrected chi connectivity index (χ1v) is 9.68. The molecule has 4 bridgehead atoms. The lowest BCUT2D eigenvalue weighted by atomic mass is 9.54. The third-order valence-corrected chi connectivity index (χ3v) is 6.14. The van der Waals surface area contributed by atoms with E-state index in [1.54, 1.807) is 11.8 Å². The van der Waals surface area contributed by atoms with E-state index in [2.05, 4.69) is 25.3 Å². The van der Waals surface area contributed by atoms with Gasteiger partial charge in [0.2, 0.25) is 0 Å². The lowest BCUT2D eigenvalue weighted by Crippen LogP contribution is -2.52. The third-order valence-electron chi connectivity index (χ3n) is 5.43. The molecule has 0 atom stereocenters. The van der Waals surface area contributed by atoms with Crippen LogP contribution in [0.4, 0.5) is 0 Å². The standard InChI is InChI=1S/C13H18O2.C8H8S/c1-2-12(14)15-13-6-9-3-10(7-13)5-11(4-9)8-13;1-2-9-8-6-4-3-5-7-8/h2,9-11H,1,3-8H2;2-7H,1H2. The van der Waals surface area contributed by atoms with Crippen LogP contribution < -0.4 is 0 Å². The lowest BCUT2D eigenvalue weighted by molar-refractivity contribution is -0.181. The van der Waals surface area contributed by atoms with Crippen LogP contribution in [0.2, 0.25) is 0 Å². The van der Waals surface area contributed by atoms with Gasteiger partial charge in [0.05, 0.1) is 0 Å². The summed E-state index contributed by atoms with van der Waals surface area (Å²) in [7, 11) is 0. The van der Waals surface area contributed by atoms with E-state index in [1.807, 2.05) is 23.6 Å². The Morgan fingerprint density at radius 3 is 2.04 bits per heavy atom. The van der Waals surface area contributed by atoms with Gasteiger partial charge < -0.3 is 4.74 Å². The summed E-state index contributed by atoms with van der Waals surface area (Å²) in [6.45, 7) is 7.10. The molecule has 1 aromatic carbocycles. The van der Waals surface area contributed by atoms with E-state index in [1.165, 1.54) is 30.2 Å². The van der Waals surface area contributed by atoms with Gasteiger partial charge in [-0.05, 0) is 73.8 Å². The first-order valence-electron chi connectivity index (χ1n) is 8.80. The molecule has 4 saturated carbocycles. The second kappa shape index (κ2) is 7.60. The van der Waals surface area contributed by atoms with Gasteiger partial charge in [-0.2, -0.15) is 0 Å². The van der Waals surface area contributed by atoms with Crippen molar-refractivity contribution < 1.29 is 9.53 Å². The van der Waals surface area contributed by atoms with Crippen LogP contribution in [0.3, 0.4) is 0 Å². The van der Waals surface area contributed by atoms with Gasteiger partial charge in [0, 0.05) is 11.0 Å². The van der Waals surface area contributed by atoms with Crippen LogP contribution in [-0.2, 0) is 9.53 Å². The van der Waals surface area contributed by atoms with E-state index in [0.717, 1.165) is 37.0 Å². The van der Waals surface area contributed by atoms with Crippen LogP contribution in [0.5, 0.6) is 0 Å². The topological polar surface area (TPSA) is 26.3 Å². The smallest absolute Gasteiger partial charge is 0.330 e. The van der Waals surface area contributed by atoms with Crippen molar-refractivity contribution >= 4 is 17.7 Å². The Morgan fingerprint density at radius 1 is 1.04 bits per heavy atom. The highest BCUT2D eigenvalue weighted by Gasteiger charge is 2.52. The molecule has 0 amide bonds. The highest BCUT2D eigenvalue weighted by Crippen LogP contribution is 2.57. The van der Waals surface area contributed by atoms with Gasteiger partial charge in [-0.15, -0.1) is 0 Å². The molecule has 4 fully saturated rings. The second-order valence-electron chi connectivity index (χ2n) is 7.32. The molecule has 0 radical (unpaired) electrons. The minimum absolute atomic E-state index is 0.0972. The molecule has 24 heavy (non-hydrogen) atoms. The SMILES string of the molecule is C=CC(=O)OC12CC3CC(CC(C3)C1)C2.C=CSc1ccccc1. The molecule has 5 rings (SSSR count). The Morgan fingerprint density at radius 2 is 1.58 bits per heavy atom. The molecule has 0 N–H and O–H groups in total. The average molecular weight is 343 g/mol. The molecule has 0 heterocycles. The number of hydrogen-bond acceptors (Lipinski definition) is 3. The van der Waals surface area contributed by atoms with Crippen molar-refractivity contribution in [2.75, 3.05) is 0 Å². The summed E-state index contributed by atoms with van der Waals surface area (Å²) >= 11 is 1.64. The summed E-state index contributed by atoms with van der Waals surface area (Å²) in [4.78, 5) is 12.6. The number of carbonyl (C=O) groups excluding carboxylic acids is 1. The molecule has 0 unspecified atom stereocenters. The molecule has 0 saturated heterocycles. The van der Waals surface area contributed by atoms with E-state index in [0.29, 0.717) is 0 Å². The molecule has 2 nitrogen and oxygen atoms in total. The maximum Gasteiger partial charge on any atom is 0.330 e. The highest BCUT2D eigenvalue weighted by atomic mass is 32.2. The zero-order valence-electron chi connectivity index (χ0n) is 14.2. The predicted molar refractivity (Wildman–Crippen MR) is 99.7 cm³/mol. The van der Waals surface area contributed by atoms with Crippen molar-refractivity contribution in [2.45, 2.75) is 49.0 Å². The Kier molecular flexibility index (Phi) is 5.50. The maximum absolute atomic E-state index is 11.4. The number of esters is 1. The van der Waals surface area contributed by atoms with E-state index in [-0.39, 0.29) is 11.6 Å². The first kappa shape index (κ1) is 17.3. The summed E-state index contributed by atoms with van der Waals surface area (Å²) in [5.74, 6) is 2.26. The second-order valence-corrected chi connectivity index (χ2v) is 8.36. The zero-order chi connectivity index (χ0) is 17.0. The van der Waals surface area contributed by atoms with E-state index >= 15 is 0 Å². The zero-order valence-corrected chi connectivity index (χ0v) is 15.0. The normalized spacial score (nSPS) is 32.4. The number of rotatable bonds is 4. The molecular weight excluding hydrogens is 316 g/mol. The summed E-state index contributed by atoms with van der Waals surface area (Å²) in [6.07, 6.45) is 8.77. The van der Waals surface area contributed by atoms with Gasteiger partial charge in [-0.25, -0.2) is 4.79 Å². The minimum Gasteiger partial charge on any atom is -0.456 e. The molecule has 4 aliphatic rings. The Bertz CT molecular complexity index is 558. The van der Waals surface area contributed by atoms with E-state index in [9.17, 15) is 4.79 Å². The average Bonchev–Trinajstić information content (AvgIpc) is 2.55. The van der Waals surface area contributed by atoms with Crippen LogP contribution in [0.15, 0.2) is 59.9 Å². The number of ether oxygens (including phenoxy) is 1. The molecule has 1 aromatic rings. The molecule has 3 heteroatoms. The van der Waals surface area contributed by atoms with Crippen LogP contribution >= 0.6 is 11.8 Å². The fourth-order valence-electron chi connectivity index (χ4n) is 5.01. The van der Waals surface area contributed by atoms with Gasteiger partial charge in [0.15, 0.2) is 0 Å². The van der Waals surface area contributed by atoms with Crippen LogP contribution in [-0.4, -0.2) is 11.6 Å². The Labute approximate surface area is 149 Å². The van der Waals surface area contributed by atoms with Crippen LogP contribution in [0.1, 0.15) is 38.5 Å². The first-order chi connectivity index (χ1) is 11.6. The molecule has 4 aliphatic carbocycles. The van der Waals surface area contributed by atoms with Crippen molar-refractivity contribution in [3.8, 4) is 0 Å². The van der Waals surface area contributed by atoms with Crippen molar-refractivity contribution in [2.24, 2.45) is 17.8 Å². The van der Waals surface area contributed by atoms with Gasteiger partial charge in [-0.1, -0.05) is 43.1 Å². The highest BCUT2D eigenvalue weighted by molar-refractivity contribution is 8.02. The molecule has 0 spiro atoms. The van der Waals surface area contributed by atoms with Crippen LogP contribution in [0, 0.1) is 17.8 Å². The number of hydrogen-bond donors (Lipinski definition) is 0. The largest absolute Gasteiger partial charge is 0.456 e.